The minimum absolute atomic E-state index is 0.597. The lowest BCUT2D eigenvalue weighted by molar-refractivity contribution is 0.324. The van der Waals surface area contributed by atoms with E-state index >= 15 is 0 Å². The highest BCUT2D eigenvalue weighted by molar-refractivity contribution is 7.80. The third-order valence-electron chi connectivity index (χ3n) is 2.58. The monoisotopic (exact) mass is 269 g/mol. The molecule has 0 aliphatic heterocycles. The van der Waals surface area contributed by atoms with Crippen molar-refractivity contribution in [1.82, 2.24) is 4.90 Å². The molecule has 0 aliphatic carbocycles. The molecule has 0 N–H and O–H groups in total. The van der Waals surface area contributed by atoms with Gasteiger partial charge in [-0.25, -0.2) is 0 Å². The highest BCUT2D eigenvalue weighted by Gasteiger charge is 2.14. The quantitative estimate of drug-likeness (QED) is 0.764. The molecule has 4 nitrogen and oxygen atoms in total. The van der Waals surface area contributed by atoms with Crippen LogP contribution in [0.4, 0.5) is 0 Å². The summed E-state index contributed by atoms with van der Waals surface area (Å²) in [5.41, 5.74) is 1.03. The summed E-state index contributed by atoms with van der Waals surface area (Å²) in [4.78, 5) is 2.77. The van der Waals surface area contributed by atoms with Crippen LogP contribution in [-0.2, 0) is 6.42 Å². The summed E-state index contributed by atoms with van der Waals surface area (Å²) in [5, 5.41) is 0. The fraction of sp³-hybridized carbons (Fsp3) is 0.462. The van der Waals surface area contributed by atoms with Crippen molar-refractivity contribution in [2.24, 2.45) is 0 Å². The molecule has 0 bridgehead atoms. The summed E-state index contributed by atoms with van der Waals surface area (Å²) in [6.45, 7) is 0. The maximum atomic E-state index is 5.30. The van der Waals surface area contributed by atoms with Crippen LogP contribution in [0, 0.1) is 0 Å². The van der Waals surface area contributed by atoms with Gasteiger partial charge in [-0.1, -0.05) is 12.2 Å². The second-order valence-corrected chi connectivity index (χ2v) is 4.47. The average Bonchev–Trinajstić information content (AvgIpc) is 2.37. The van der Waals surface area contributed by atoms with Gasteiger partial charge in [-0.2, -0.15) is 0 Å². The highest BCUT2D eigenvalue weighted by atomic mass is 32.1. The zero-order valence-corrected chi connectivity index (χ0v) is 12.3. The van der Waals surface area contributed by atoms with Gasteiger partial charge in [0.05, 0.1) is 26.3 Å². The Morgan fingerprint density at radius 1 is 1.06 bits per heavy atom. The number of likely N-dealkylation sites (N-methyl/N-ethyl adjacent to an activating group) is 1. The number of hydrogen-bond acceptors (Lipinski definition) is 4. The van der Waals surface area contributed by atoms with Crippen LogP contribution in [0.2, 0.25) is 0 Å². The zero-order valence-electron chi connectivity index (χ0n) is 11.4. The summed E-state index contributed by atoms with van der Waals surface area (Å²) >= 11 is 5.29. The smallest absolute Gasteiger partial charge is 0.203 e. The Hall–Kier alpha value is -1.49. The predicted octanol–water partition coefficient (Wildman–Crippen LogP) is 2.14. The van der Waals surface area contributed by atoms with E-state index in [1.54, 1.807) is 21.3 Å². The number of ether oxygens (including phenoxy) is 3. The number of methoxy groups -OCH3 is 3. The number of thiocarbonyl (C=S) groups is 1. The topological polar surface area (TPSA) is 30.9 Å². The van der Waals surface area contributed by atoms with Gasteiger partial charge in [0.2, 0.25) is 5.75 Å². The van der Waals surface area contributed by atoms with E-state index in [2.05, 4.69) is 0 Å². The van der Waals surface area contributed by atoms with E-state index in [9.17, 15) is 0 Å². The molecule has 0 heterocycles. The van der Waals surface area contributed by atoms with Crippen molar-refractivity contribution >= 4 is 17.2 Å². The number of benzene rings is 1. The van der Waals surface area contributed by atoms with Gasteiger partial charge in [0.25, 0.3) is 0 Å². The van der Waals surface area contributed by atoms with Gasteiger partial charge < -0.3 is 19.1 Å². The molecular formula is C13H19NO3S. The van der Waals surface area contributed by atoms with E-state index in [0.717, 1.165) is 10.6 Å². The van der Waals surface area contributed by atoms with Crippen molar-refractivity contribution in [3.63, 3.8) is 0 Å². The van der Waals surface area contributed by atoms with Crippen molar-refractivity contribution in [3.8, 4) is 17.2 Å². The minimum Gasteiger partial charge on any atom is -0.493 e. The second-order valence-electron chi connectivity index (χ2n) is 4.00. The van der Waals surface area contributed by atoms with Gasteiger partial charge in [-0.05, 0) is 17.7 Å². The fourth-order valence-corrected chi connectivity index (χ4v) is 1.74. The van der Waals surface area contributed by atoms with Crippen LogP contribution in [0.5, 0.6) is 17.2 Å². The molecule has 0 radical (unpaired) electrons. The Balaban J connectivity index is 3.11. The second kappa shape index (κ2) is 6.44. The first-order valence-corrected chi connectivity index (χ1v) is 5.93. The van der Waals surface area contributed by atoms with Gasteiger partial charge in [0.15, 0.2) is 11.5 Å². The molecule has 1 aromatic carbocycles. The maximum Gasteiger partial charge on any atom is 0.203 e. The molecule has 0 aliphatic rings. The van der Waals surface area contributed by atoms with Crippen molar-refractivity contribution in [2.75, 3.05) is 35.4 Å². The highest BCUT2D eigenvalue weighted by Crippen LogP contribution is 2.38. The van der Waals surface area contributed by atoms with E-state index < -0.39 is 0 Å². The summed E-state index contributed by atoms with van der Waals surface area (Å²) in [6, 6.07) is 3.83. The maximum absolute atomic E-state index is 5.30. The average molecular weight is 269 g/mol. The number of rotatable bonds is 5. The Labute approximate surface area is 113 Å². The van der Waals surface area contributed by atoms with Crippen LogP contribution in [-0.4, -0.2) is 45.3 Å². The molecule has 0 fully saturated rings. The lowest BCUT2D eigenvalue weighted by Crippen LogP contribution is -2.21. The first kappa shape index (κ1) is 14.6. The van der Waals surface area contributed by atoms with E-state index in [4.69, 9.17) is 26.4 Å². The SMILES string of the molecule is COc1cc(CC(=S)N(C)C)cc(OC)c1OC. The summed E-state index contributed by atoms with van der Waals surface area (Å²) in [7, 11) is 8.65. The summed E-state index contributed by atoms with van der Waals surface area (Å²) in [6.07, 6.45) is 0.666. The molecule has 18 heavy (non-hydrogen) atoms. The van der Waals surface area contributed by atoms with Crippen LogP contribution >= 0.6 is 12.2 Å². The van der Waals surface area contributed by atoms with Gasteiger partial charge in [-0.3, -0.25) is 0 Å². The van der Waals surface area contributed by atoms with Crippen LogP contribution < -0.4 is 14.2 Å². The Morgan fingerprint density at radius 3 is 1.89 bits per heavy atom. The molecule has 0 amide bonds. The molecule has 0 atom stereocenters. The van der Waals surface area contributed by atoms with Crippen molar-refractivity contribution < 1.29 is 14.2 Å². The Morgan fingerprint density at radius 2 is 1.56 bits per heavy atom. The van der Waals surface area contributed by atoms with Crippen molar-refractivity contribution in [1.29, 1.82) is 0 Å². The van der Waals surface area contributed by atoms with Crippen molar-refractivity contribution in [2.45, 2.75) is 6.42 Å². The van der Waals surface area contributed by atoms with Gasteiger partial charge in [-0.15, -0.1) is 0 Å². The molecule has 0 saturated carbocycles. The van der Waals surface area contributed by atoms with Gasteiger partial charge in [0, 0.05) is 20.5 Å². The molecule has 0 aromatic heterocycles. The minimum atomic E-state index is 0.597. The Kier molecular flexibility index (Phi) is 5.22. The molecular weight excluding hydrogens is 250 g/mol. The molecule has 1 aromatic rings. The van der Waals surface area contributed by atoms with E-state index in [1.165, 1.54) is 0 Å². The fourth-order valence-electron chi connectivity index (χ4n) is 1.57. The molecule has 0 spiro atoms. The standard InChI is InChI=1S/C13H19NO3S/c1-14(2)12(18)8-9-6-10(15-3)13(17-5)11(7-9)16-4/h6-7H,8H2,1-5H3. The molecule has 0 unspecified atom stereocenters. The van der Waals surface area contributed by atoms with E-state index in [0.29, 0.717) is 23.7 Å². The zero-order chi connectivity index (χ0) is 13.7. The lowest BCUT2D eigenvalue weighted by Gasteiger charge is -2.16. The first-order chi connectivity index (χ1) is 8.53. The summed E-state index contributed by atoms with van der Waals surface area (Å²) < 4.78 is 15.9. The Bertz CT molecular complexity index is 407. The van der Waals surface area contributed by atoms with Gasteiger partial charge >= 0.3 is 0 Å². The number of hydrogen-bond donors (Lipinski definition) is 0. The first-order valence-electron chi connectivity index (χ1n) is 5.52. The lowest BCUT2D eigenvalue weighted by atomic mass is 10.1. The molecule has 100 valence electrons. The van der Waals surface area contributed by atoms with Crippen molar-refractivity contribution in [3.05, 3.63) is 17.7 Å². The van der Waals surface area contributed by atoms with Crippen LogP contribution in [0.3, 0.4) is 0 Å². The van der Waals surface area contributed by atoms with Crippen LogP contribution in [0.15, 0.2) is 12.1 Å². The number of nitrogens with zero attached hydrogens (tertiary/aromatic N) is 1. The largest absolute Gasteiger partial charge is 0.493 e. The third kappa shape index (κ3) is 3.26. The summed E-state index contributed by atoms with van der Waals surface area (Å²) in [5.74, 6) is 1.89. The van der Waals surface area contributed by atoms with E-state index in [1.807, 2.05) is 31.1 Å². The van der Waals surface area contributed by atoms with Crippen LogP contribution in [0.25, 0.3) is 0 Å². The van der Waals surface area contributed by atoms with Crippen LogP contribution in [0.1, 0.15) is 5.56 Å². The molecule has 5 heteroatoms. The predicted molar refractivity (Wildman–Crippen MR) is 76.1 cm³/mol. The normalized spacial score (nSPS) is 9.83. The third-order valence-corrected chi connectivity index (χ3v) is 3.09. The van der Waals surface area contributed by atoms with E-state index in [-0.39, 0.29) is 0 Å². The van der Waals surface area contributed by atoms with Gasteiger partial charge in [0.1, 0.15) is 0 Å². The molecule has 0 saturated heterocycles. The molecule has 1 rings (SSSR count).